The Morgan fingerprint density at radius 1 is 1.25 bits per heavy atom. The minimum absolute atomic E-state index is 0.0170. The smallest absolute Gasteiger partial charge is 0.308 e. The summed E-state index contributed by atoms with van der Waals surface area (Å²) in [5, 5.41) is 4.44. The van der Waals surface area contributed by atoms with E-state index < -0.39 is 0 Å². The Bertz CT molecular complexity index is 903. The summed E-state index contributed by atoms with van der Waals surface area (Å²) >= 11 is 2.44. The van der Waals surface area contributed by atoms with Gasteiger partial charge in [-0.25, -0.2) is 0 Å². The molecule has 0 radical (unpaired) electrons. The van der Waals surface area contributed by atoms with Gasteiger partial charge in [0.05, 0.1) is 29.6 Å². The van der Waals surface area contributed by atoms with Gasteiger partial charge in [0.25, 0.3) is 0 Å². The van der Waals surface area contributed by atoms with E-state index in [9.17, 15) is 4.79 Å². The Labute approximate surface area is 203 Å². The van der Waals surface area contributed by atoms with E-state index in [1.807, 2.05) is 6.92 Å². The van der Waals surface area contributed by atoms with Gasteiger partial charge in [0.15, 0.2) is 5.60 Å². The number of amidine groups is 1. The van der Waals surface area contributed by atoms with Crippen molar-refractivity contribution < 1.29 is 19.1 Å². The Morgan fingerprint density at radius 2 is 2.00 bits per heavy atom. The number of benzene rings is 1. The number of halogens is 1. The zero-order valence-electron chi connectivity index (χ0n) is 18.9. The first-order valence-electron chi connectivity index (χ1n) is 11.8. The van der Waals surface area contributed by atoms with E-state index >= 15 is 0 Å². The molecule has 3 aliphatic heterocycles. The number of carbonyl (C=O) groups is 1. The highest BCUT2D eigenvalue weighted by molar-refractivity contribution is 14.1. The molecule has 32 heavy (non-hydrogen) atoms. The van der Waals surface area contributed by atoms with Gasteiger partial charge in [0, 0.05) is 32.7 Å². The Hall–Kier alpha value is -1.55. The SMILES string of the molecule is CCOc1cc(CN2CC3(CC(N4CCC(C(=O)OC)CC4)=NO3)C2)cc(C2CC2)c1I. The van der Waals surface area contributed by atoms with Crippen molar-refractivity contribution in [3.63, 3.8) is 0 Å². The molecule has 0 bridgehead atoms. The van der Waals surface area contributed by atoms with Crippen LogP contribution in [-0.4, -0.2) is 67.1 Å². The van der Waals surface area contributed by atoms with Crippen LogP contribution in [0, 0.1) is 9.49 Å². The Morgan fingerprint density at radius 3 is 2.66 bits per heavy atom. The topological polar surface area (TPSA) is 63.6 Å². The van der Waals surface area contributed by atoms with Gasteiger partial charge in [0.2, 0.25) is 0 Å². The summed E-state index contributed by atoms with van der Waals surface area (Å²) in [4.78, 5) is 22.4. The molecule has 3 fully saturated rings. The van der Waals surface area contributed by atoms with E-state index in [1.54, 1.807) is 0 Å². The molecule has 5 rings (SSSR count). The molecule has 1 aromatic carbocycles. The molecule has 0 unspecified atom stereocenters. The van der Waals surface area contributed by atoms with Crippen LogP contribution in [0.3, 0.4) is 0 Å². The lowest BCUT2D eigenvalue weighted by Crippen LogP contribution is -2.61. The molecule has 1 spiro atoms. The number of carbonyl (C=O) groups excluding carboxylic acids is 1. The van der Waals surface area contributed by atoms with Crippen molar-refractivity contribution in [3.8, 4) is 5.75 Å². The molecule has 8 heteroatoms. The van der Waals surface area contributed by atoms with Crippen LogP contribution in [0.2, 0.25) is 0 Å². The third kappa shape index (κ3) is 4.44. The quantitative estimate of drug-likeness (QED) is 0.395. The molecular formula is C24H32IN3O4. The normalized spacial score (nSPS) is 23.0. The number of hydrogen-bond acceptors (Lipinski definition) is 7. The summed E-state index contributed by atoms with van der Waals surface area (Å²) in [5.41, 5.74) is 2.61. The van der Waals surface area contributed by atoms with Gasteiger partial charge in [-0.3, -0.25) is 9.69 Å². The number of oxime groups is 1. The molecule has 1 aromatic rings. The van der Waals surface area contributed by atoms with Crippen molar-refractivity contribution in [2.75, 3.05) is 39.9 Å². The van der Waals surface area contributed by atoms with Crippen molar-refractivity contribution in [1.29, 1.82) is 0 Å². The third-order valence-corrected chi connectivity index (χ3v) is 8.25. The van der Waals surface area contributed by atoms with Crippen LogP contribution >= 0.6 is 22.6 Å². The average Bonchev–Trinajstić information content (AvgIpc) is 3.53. The molecule has 2 saturated heterocycles. The zero-order valence-corrected chi connectivity index (χ0v) is 21.1. The number of hydrogen-bond donors (Lipinski definition) is 0. The highest BCUT2D eigenvalue weighted by Crippen LogP contribution is 2.45. The number of rotatable bonds is 6. The van der Waals surface area contributed by atoms with Crippen LogP contribution in [-0.2, 0) is 20.9 Å². The maximum atomic E-state index is 11.8. The summed E-state index contributed by atoms with van der Waals surface area (Å²) in [6.07, 6.45) is 5.09. The summed E-state index contributed by atoms with van der Waals surface area (Å²) in [6, 6.07) is 4.60. The minimum Gasteiger partial charge on any atom is -0.493 e. The molecule has 0 atom stereocenters. The van der Waals surface area contributed by atoms with Gasteiger partial charge in [-0.15, -0.1) is 0 Å². The number of ether oxygens (including phenoxy) is 2. The molecule has 7 nitrogen and oxygen atoms in total. The lowest BCUT2D eigenvalue weighted by Gasteiger charge is -2.45. The van der Waals surface area contributed by atoms with Crippen molar-refractivity contribution >= 4 is 34.4 Å². The Balaban J connectivity index is 1.15. The van der Waals surface area contributed by atoms with E-state index in [2.05, 4.69) is 49.7 Å². The monoisotopic (exact) mass is 553 g/mol. The number of likely N-dealkylation sites (tertiary alicyclic amines) is 2. The van der Waals surface area contributed by atoms with Crippen molar-refractivity contribution in [2.45, 2.75) is 57.1 Å². The van der Waals surface area contributed by atoms with E-state index in [4.69, 9.17) is 14.3 Å². The van der Waals surface area contributed by atoms with Crippen molar-refractivity contribution in [3.05, 3.63) is 26.8 Å². The number of esters is 1. The van der Waals surface area contributed by atoms with Crippen molar-refractivity contribution in [2.24, 2.45) is 11.1 Å². The van der Waals surface area contributed by atoms with Gasteiger partial charge in [-0.1, -0.05) is 11.2 Å². The van der Waals surface area contributed by atoms with Gasteiger partial charge in [-0.2, -0.15) is 0 Å². The second kappa shape index (κ2) is 9.00. The first-order chi connectivity index (χ1) is 15.5. The molecule has 0 N–H and O–H groups in total. The van der Waals surface area contributed by atoms with Crippen LogP contribution < -0.4 is 4.74 Å². The standard InChI is InChI=1S/C24H32IN3O4/c1-3-31-20-11-16(10-19(22(20)25)17-4-5-17)13-27-14-24(15-27)12-21(26-32-24)28-8-6-18(7-9-28)23(29)30-2/h10-11,17-18H,3-9,12-15H2,1-2H3. The van der Waals surface area contributed by atoms with Gasteiger partial charge in [-0.05, 0) is 78.3 Å². The second-order valence-corrected chi connectivity index (χ2v) is 10.7. The molecule has 174 valence electrons. The molecule has 0 amide bonds. The Kier molecular flexibility index (Phi) is 6.26. The molecular weight excluding hydrogens is 521 g/mol. The van der Waals surface area contributed by atoms with Crippen LogP contribution in [0.15, 0.2) is 17.3 Å². The predicted molar refractivity (Wildman–Crippen MR) is 130 cm³/mol. The van der Waals surface area contributed by atoms with E-state index in [0.29, 0.717) is 12.5 Å². The zero-order chi connectivity index (χ0) is 22.3. The third-order valence-electron chi connectivity index (χ3n) is 7.09. The largest absolute Gasteiger partial charge is 0.493 e. The van der Waals surface area contributed by atoms with Crippen LogP contribution in [0.25, 0.3) is 0 Å². The maximum absolute atomic E-state index is 11.8. The van der Waals surface area contributed by atoms with Gasteiger partial charge < -0.3 is 19.2 Å². The summed E-state index contributed by atoms with van der Waals surface area (Å²) in [7, 11) is 1.47. The molecule has 0 aromatic heterocycles. The molecule has 1 saturated carbocycles. The van der Waals surface area contributed by atoms with Crippen LogP contribution in [0.1, 0.15) is 56.1 Å². The lowest BCUT2D eigenvalue weighted by atomic mass is 9.88. The van der Waals surface area contributed by atoms with E-state index in [1.165, 1.54) is 34.6 Å². The summed E-state index contributed by atoms with van der Waals surface area (Å²) in [6.45, 7) is 7.14. The van der Waals surface area contributed by atoms with Gasteiger partial charge >= 0.3 is 5.97 Å². The highest BCUT2D eigenvalue weighted by Gasteiger charge is 2.51. The minimum atomic E-state index is -0.181. The molecule has 1 aliphatic carbocycles. The summed E-state index contributed by atoms with van der Waals surface area (Å²) in [5.74, 6) is 2.70. The van der Waals surface area contributed by atoms with Gasteiger partial charge in [0.1, 0.15) is 11.6 Å². The maximum Gasteiger partial charge on any atom is 0.308 e. The fourth-order valence-electron chi connectivity index (χ4n) is 5.24. The molecule has 3 heterocycles. The van der Waals surface area contributed by atoms with Crippen LogP contribution in [0.4, 0.5) is 0 Å². The highest BCUT2D eigenvalue weighted by atomic mass is 127. The number of piperidine rings is 1. The summed E-state index contributed by atoms with van der Waals surface area (Å²) < 4.78 is 12.1. The van der Waals surface area contributed by atoms with Crippen molar-refractivity contribution in [1.82, 2.24) is 9.80 Å². The number of nitrogens with zero attached hydrogens (tertiary/aromatic N) is 3. The first kappa shape index (κ1) is 22.3. The molecule has 4 aliphatic rings. The fourth-order valence-corrected chi connectivity index (χ4v) is 6.15. The van der Waals surface area contributed by atoms with E-state index in [0.717, 1.165) is 63.6 Å². The van der Waals surface area contributed by atoms with E-state index in [-0.39, 0.29) is 17.5 Å². The van der Waals surface area contributed by atoms with Crippen LogP contribution in [0.5, 0.6) is 5.75 Å². The fraction of sp³-hybridized carbons (Fsp3) is 0.667. The average molecular weight is 553 g/mol. The number of methoxy groups -OCH3 is 1. The lowest BCUT2D eigenvalue weighted by molar-refractivity contribution is -0.146. The predicted octanol–water partition coefficient (Wildman–Crippen LogP) is 3.74. The second-order valence-electron chi connectivity index (χ2n) is 9.59. The first-order valence-corrected chi connectivity index (χ1v) is 12.8.